The standard InChI is InChI=1S/C10H10O.C9H10O2/c1-8-6-7-9-4-2-3-5-10(9)11-8;10-8-5-6-11-9-4-2-1-3-7(8)9/h2-5H,1,6-7H2;1-4,8,10H,5-6H2. The van der Waals surface area contributed by atoms with Gasteiger partial charge in [0.15, 0.2) is 0 Å². The highest BCUT2D eigenvalue weighted by Gasteiger charge is 2.17. The summed E-state index contributed by atoms with van der Waals surface area (Å²) in [5, 5.41) is 9.48. The molecule has 1 N–H and O–H groups in total. The highest BCUT2D eigenvalue weighted by Crippen LogP contribution is 2.31. The molecule has 4 rings (SSSR count). The number of fused-ring (bicyclic) bond motifs is 2. The first kappa shape index (κ1) is 14.7. The summed E-state index contributed by atoms with van der Waals surface area (Å²) in [6, 6.07) is 15.7. The molecule has 0 radical (unpaired) electrons. The van der Waals surface area contributed by atoms with E-state index in [1.807, 2.05) is 42.5 Å². The fourth-order valence-corrected chi connectivity index (χ4v) is 2.61. The third kappa shape index (κ3) is 3.31. The predicted molar refractivity (Wildman–Crippen MR) is 86.0 cm³/mol. The molecular formula is C19H20O3. The van der Waals surface area contributed by atoms with Crippen LogP contribution in [0.2, 0.25) is 0 Å². The second-order valence-corrected chi connectivity index (χ2v) is 5.44. The van der Waals surface area contributed by atoms with E-state index in [9.17, 15) is 5.11 Å². The number of aliphatic hydroxyl groups excluding tert-OH is 1. The Bertz CT molecular complexity index is 663. The second kappa shape index (κ2) is 6.67. The summed E-state index contributed by atoms with van der Waals surface area (Å²) in [6.07, 6.45) is 2.39. The van der Waals surface area contributed by atoms with Gasteiger partial charge >= 0.3 is 0 Å². The van der Waals surface area contributed by atoms with Crippen LogP contribution in [0.15, 0.2) is 60.9 Å². The van der Waals surface area contributed by atoms with Crippen molar-refractivity contribution in [3.05, 3.63) is 72.0 Å². The van der Waals surface area contributed by atoms with E-state index in [4.69, 9.17) is 9.47 Å². The lowest BCUT2D eigenvalue weighted by Gasteiger charge is -2.21. The van der Waals surface area contributed by atoms with Crippen LogP contribution in [-0.4, -0.2) is 11.7 Å². The molecule has 0 saturated heterocycles. The summed E-state index contributed by atoms with van der Waals surface area (Å²) in [5.41, 5.74) is 2.21. The van der Waals surface area contributed by atoms with Gasteiger partial charge in [-0.05, 0) is 24.1 Å². The summed E-state index contributed by atoms with van der Waals surface area (Å²) < 4.78 is 10.8. The monoisotopic (exact) mass is 296 g/mol. The number of allylic oxidation sites excluding steroid dienone is 1. The zero-order chi connectivity index (χ0) is 15.4. The Kier molecular flexibility index (Phi) is 4.45. The topological polar surface area (TPSA) is 38.7 Å². The van der Waals surface area contributed by atoms with E-state index in [0.29, 0.717) is 13.0 Å². The molecule has 1 atom stereocenters. The first-order valence-corrected chi connectivity index (χ1v) is 7.57. The van der Waals surface area contributed by atoms with Gasteiger partial charge in [-0.2, -0.15) is 0 Å². The second-order valence-electron chi connectivity index (χ2n) is 5.44. The van der Waals surface area contributed by atoms with Crippen LogP contribution in [0.4, 0.5) is 0 Å². The number of ether oxygens (including phenoxy) is 2. The number of rotatable bonds is 0. The Hall–Kier alpha value is -2.26. The van der Waals surface area contributed by atoms with Crippen molar-refractivity contribution in [3.63, 3.8) is 0 Å². The molecule has 0 amide bonds. The molecule has 0 aromatic heterocycles. The summed E-state index contributed by atoms with van der Waals surface area (Å²) in [6.45, 7) is 4.41. The van der Waals surface area contributed by atoms with E-state index in [-0.39, 0.29) is 6.10 Å². The van der Waals surface area contributed by atoms with Crippen LogP contribution < -0.4 is 9.47 Å². The van der Waals surface area contributed by atoms with E-state index >= 15 is 0 Å². The maximum atomic E-state index is 9.48. The molecule has 3 nitrogen and oxygen atoms in total. The first-order chi connectivity index (χ1) is 10.7. The van der Waals surface area contributed by atoms with E-state index < -0.39 is 0 Å². The van der Waals surface area contributed by atoms with Gasteiger partial charge in [0.05, 0.1) is 18.5 Å². The van der Waals surface area contributed by atoms with Gasteiger partial charge in [-0.25, -0.2) is 0 Å². The van der Waals surface area contributed by atoms with Gasteiger partial charge in [0.2, 0.25) is 0 Å². The van der Waals surface area contributed by atoms with E-state index in [1.54, 1.807) is 0 Å². The quantitative estimate of drug-likeness (QED) is 0.797. The molecule has 2 aromatic rings. The van der Waals surface area contributed by atoms with Gasteiger partial charge in [0.1, 0.15) is 11.5 Å². The molecule has 2 heterocycles. The summed E-state index contributed by atoms with van der Waals surface area (Å²) in [4.78, 5) is 0. The minimum absolute atomic E-state index is 0.333. The summed E-state index contributed by atoms with van der Waals surface area (Å²) >= 11 is 0. The number of hydrogen-bond acceptors (Lipinski definition) is 3. The lowest BCUT2D eigenvalue weighted by Crippen LogP contribution is -2.13. The van der Waals surface area contributed by atoms with Crippen molar-refractivity contribution in [1.82, 2.24) is 0 Å². The normalized spacial score (nSPS) is 18.8. The van der Waals surface area contributed by atoms with Gasteiger partial charge in [-0.1, -0.05) is 43.0 Å². The van der Waals surface area contributed by atoms with E-state index in [1.165, 1.54) is 5.56 Å². The molecule has 2 aromatic carbocycles. The third-order valence-electron chi connectivity index (χ3n) is 3.83. The molecular weight excluding hydrogens is 276 g/mol. The minimum atomic E-state index is -0.333. The van der Waals surface area contributed by atoms with Gasteiger partial charge in [-0.15, -0.1) is 0 Å². The van der Waals surface area contributed by atoms with Gasteiger partial charge in [0.25, 0.3) is 0 Å². The van der Waals surface area contributed by atoms with Crippen molar-refractivity contribution in [2.45, 2.75) is 25.4 Å². The average molecular weight is 296 g/mol. The maximum Gasteiger partial charge on any atom is 0.130 e. The Morgan fingerprint density at radius 3 is 2.50 bits per heavy atom. The molecule has 0 saturated carbocycles. The Morgan fingerprint density at radius 2 is 1.68 bits per heavy atom. The van der Waals surface area contributed by atoms with E-state index in [0.717, 1.165) is 35.7 Å². The lowest BCUT2D eigenvalue weighted by atomic mass is 10.0. The molecule has 22 heavy (non-hydrogen) atoms. The lowest BCUT2D eigenvalue weighted by molar-refractivity contribution is 0.115. The van der Waals surface area contributed by atoms with Crippen molar-refractivity contribution in [1.29, 1.82) is 0 Å². The third-order valence-corrected chi connectivity index (χ3v) is 3.83. The first-order valence-electron chi connectivity index (χ1n) is 7.57. The Balaban J connectivity index is 0.000000131. The number of hydrogen-bond donors (Lipinski definition) is 1. The van der Waals surface area contributed by atoms with Crippen LogP contribution in [0.3, 0.4) is 0 Å². The van der Waals surface area contributed by atoms with Crippen molar-refractivity contribution in [2.24, 2.45) is 0 Å². The predicted octanol–water partition coefficient (Wildman–Crippen LogP) is 4.03. The number of benzene rings is 2. The number of aryl methyl sites for hydroxylation is 1. The SMILES string of the molecule is C=C1CCc2ccccc2O1.OC1CCOc2ccccc21. The number of aliphatic hydroxyl groups is 1. The van der Waals surface area contributed by atoms with Crippen LogP contribution >= 0.6 is 0 Å². The molecule has 114 valence electrons. The molecule has 3 heteroatoms. The average Bonchev–Trinajstić information content (AvgIpc) is 2.56. The van der Waals surface area contributed by atoms with Crippen LogP contribution in [0, 0.1) is 0 Å². The molecule has 0 fully saturated rings. The van der Waals surface area contributed by atoms with Crippen molar-refractivity contribution >= 4 is 0 Å². The zero-order valence-electron chi connectivity index (χ0n) is 12.5. The highest BCUT2D eigenvalue weighted by atomic mass is 16.5. The summed E-state index contributed by atoms with van der Waals surface area (Å²) in [7, 11) is 0. The smallest absolute Gasteiger partial charge is 0.130 e. The fraction of sp³-hybridized carbons (Fsp3) is 0.263. The van der Waals surface area contributed by atoms with Crippen LogP contribution in [-0.2, 0) is 6.42 Å². The minimum Gasteiger partial charge on any atom is -0.493 e. The highest BCUT2D eigenvalue weighted by molar-refractivity contribution is 5.37. The van der Waals surface area contributed by atoms with Crippen molar-refractivity contribution < 1.29 is 14.6 Å². The Labute approximate surface area is 130 Å². The molecule has 2 aliphatic rings. The van der Waals surface area contributed by atoms with Crippen LogP contribution in [0.1, 0.15) is 30.1 Å². The molecule has 1 unspecified atom stereocenters. The molecule has 2 aliphatic heterocycles. The largest absolute Gasteiger partial charge is 0.493 e. The maximum absolute atomic E-state index is 9.48. The molecule has 0 spiro atoms. The zero-order valence-corrected chi connectivity index (χ0v) is 12.5. The molecule has 0 aliphatic carbocycles. The Morgan fingerprint density at radius 1 is 0.955 bits per heavy atom. The number of para-hydroxylation sites is 2. The summed E-state index contributed by atoms with van der Waals surface area (Å²) in [5.74, 6) is 2.68. The van der Waals surface area contributed by atoms with Gasteiger partial charge in [0, 0.05) is 18.4 Å². The van der Waals surface area contributed by atoms with Gasteiger partial charge in [-0.3, -0.25) is 0 Å². The van der Waals surface area contributed by atoms with Crippen LogP contribution in [0.25, 0.3) is 0 Å². The van der Waals surface area contributed by atoms with Crippen molar-refractivity contribution in [2.75, 3.05) is 6.61 Å². The van der Waals surface area contributed by atoms with Crippen LogP contribution in [0.5, 0.6) is 11.5 Å². The van der Waals surface area contributed by atoms with Gasteiger partial charge < -0.3 is 14.6 Å². The van der Waals surface area contributed by atoms with Crippen molar-refractivity contribution in [3.8, 4) is 11.5 Å². The van der Waals surface area contributed by atoms with E-state index in [2.05, 4.69) is 12.6 Å². The molecule has 0 bridgehead atoms. The fourth-order valence-electron chi connectivity index (χ4n) is 2.61.